The molecule has 2 rings (SSSR count). The minimum atomic E-state index is 0.389. The molecule has 1 N–H and O–H groups in total. The summed E-state index contributed by atoms with van der Waals surface area (Å²) < 4.78 is 5.47. The topological polar surface area (TPSA) is 21.3 Å². The van der Waals surface area contributed by atoms with Gasteiger partial charge in [-0.05, 0) is 17.5 Å². The number of ether oxygens (including phenoxy) is 1. The molecule has 0 amide bonds. The molecule has 0 aromatic heterocycles. The number of nitrogens with one attached hydrogen (secondary N) is 1. The lowest BCUT2D eigenvalue weighted by atomic mass is 9.98. The van der Waals surface area contributed by atoms with Crippen molar-refractivity contribution in [2.45, 2.75) is 19.4 Å². The summed E-state index contributed by atoms with van der Waals surface area (Å²) in [5.74, 6) is 0. The van der Waals surface area contributed by atoms with Gasteiger partial charge in [-0.3, -0.25) is 0 Å². The van der Waals surface area contributed by atoms with Gasteiger partial charge in [0.2, 0.25) is 0 Å². The Kier molecular flexibility index (Phi) is 3.17. The molecule has 0 aliphatic carbocycles. The van der Waals surface area contributed by atoms with E-state index in [1.807, 2.05) is 0 Å². The summed E-state index contributed by atoms with van der Waals surface area (Å²) in [5, 5.41) is 3.49. The molecular formula is C12H17NO. The SMILES string of the molecule is CCc1ccccc1C1COCCN1. The van der Waals surface area contributed by atoms with E-state index in [4.69, 9.17) is 4.74 Å². The van der Waals surface area contributed by atoms with Crippen LogP contribution in [0.15, 0.2) is 24.3 Å². The van der Waals surface area contributed by atoms with Gasteiger partial charge in [-0.1, -0.05) is 31.2 Å². The third-order valence-electron chi connectivity index (χ3n) is 2.73. The highest BCUT2D eigenvalue weighted by molar-refractivity contribution is 5.30. The molecule has 2 nitrogen and oxygen atoms in total. The van der Waals surface area contributed by atoms with E-state index in [9.17, 15) is 0 Å². The second-order valence-corrected chi connectivity index (χ2v) is 3.63. The van der Waals surface area contributed by atoms with Gasteiger partial charge in [0.1, 0.15) is 0 Å². The summed E-state index contributed by atoms with van der Waals surface area (Å²) >= 11 is 0. The number of rotatable bonds is 2. The minimum absolute atomic E-state index is 0.389. The van der Waals surface area contributed by atoms with Crippen LogP contribution in [0.4, 0.5) is 0 Å². The highest BCUT2D eigenvalue weighted by Crippen LogP contribution is 2.20. The Morgan fingerprint density at radius 2 is 2.29 bits per heavy atom. The van der Waals surface area contributed by atoms with E-state index < -0.39 is 0 Å². The van der Waals surface area contributed by atoms with E-state index in [1.54, 1.807) is 0 Å². The van der Waals surface area contributed by atoms with Crippen molar-refractivity contribution in [3.63, 3.8) is 0 Å². The van der Waals surface area contributed by atoms with Crippen molar-refractivity contribution < 1.29 is 4.74 Å². The van der Waals surface area contributed by atoms with Crippen molar-refractivity contribution in [2.24, 2.45) is 0 Å². The van der Waals surface area contributed by atoms with Crippen molar-refractivity contribution in [1.29, 1.82) is 0 Å². The van der Waals surface area contributed by atoms with Crippen LogP contribution in [-0.4, -0.2) is 19.8 Å². The summed E-state index contributed by atoms with van der Waals surface area (Å²) in [6, 6.07) is 8.99. The normalized spacial score (nSPS) is 22.2. The molecule has 1 fully saturated rings. The van der Waals surface area contributed by atoms with Crippen LogP contribution in [0.2, 0.25) is 0 Å². The molecule has 1 saturated heterocycles. The van der Waals surface area contributed by atoms with Crippen LogP contribution in [0.25, 0.3) is 0 Å². The van der Waals surface area contributed by atoms with Gasteiger partial charge in [0.05, 0.1) is 19.3 Å². The second-order valence-electron chi connectivity index (χ2n) is 3.63. The van der Waals surface area contributed by atoms with Gasteiger partial charge in [-0.2, -0.15) is 0 Å². The molecule has 1 heterocycles. The maximum absolute atomic E-state index is 5.47. The molecule has 0 saturated carbocycles. The number of aryl methyl sites for hydroxylation is 1. The first-order valence-electron chi connectivity index (χ1n) is 5.30. The van der Waals surface area contributed by atoms with Crippen molar-refractivity contribution in [2.75, 3.05) is 19.8 Å². The molecule has 2 heteroatoms. The number of hydrogen-bond acceptors (Lipinski definition) is 2. The number of benzene rings is 1. The Bertz CT molecular complexity index is 292. The van der Waals surface area contributed by atoms with Crippen LogP contribution in [0.5, 0.6) is 0 Å². The Labute approximate surface area is 85.3 Å². The van der Waals surface area contributed by atoms with Gasteiger partial charge in [-0.25, -0.2) is 0 Å². The van der Waals surface area contributed by atoms with E-state index in [0.717, 1.165) is 26.2 Å². The average molecular weight is 191 g/mol. The fourth-order valence-corrected chi connectivity index (χ4v) is 1.96. The maximum Gasteiger partial charge on any atom is 0.0662 e. The highest BCUT2D eigenvalue weighted by Gasteiger charge is 2.16. The summed E-state index contributed by atoms with van der Waals surface area (Å²) in [7, 11) is 0. The lowest BCUT2D eigenvalue weighted by Crippen LogP contribution is -2.35. The van der Waals surface area contributed by atoms with Crippen LogP contribution in [0, 0.1) is 0 Å². The van der Waals surface area contributed by atoms with E-state index in [1.165, 1.54) is 11.1 Å². The van der Waals surface area contributed by atoms with E-state index >= 15 is 0 Å². The molecule has 1 aromatic rings. The van der Waals surface area contributed by atoms with Gasteiger partial charge in [0.15, 0.2) is 0 Å². The largest absolute Gasteiger partial charge is 0.378 e. The lowest BCUT2D eigenvalue weighted by molar-refractivity contribution is 0.0766. The van der Waals surface area contributed by atoms with Crippen molar-refractivity contribution in [3.8, 4) is 0 Å². The smallest absolute Gasteiger partial charge is 0.0662 e. The molecular weight excluding hydrogens is 174 g/mol. The molecule has 0 bridgehead atoms. The number of hydrogen-bond donors (Lipinski definition) is 1. The minimum Gasteiger partial charge on any atom is -0.378 e. The molecule has 1 aromatic carbocycles. The standard InChI is InChI=1S/C12H17NO/c1-2-10-5-3-4-6-11(10)12-9-14-8-7-13-12/h3-6,12-13H,2,7-9H2,1H3. The first-order valence-corrected chi connectivity index (χ1v) is 5.30. The van der Waals surface area contributed by atoms with Crippen LogP contribution in [0.1, 0.15) is 24.1 Å². The zero-order valence-corrected chi connectivity index (χ0v) is 8.62. The monoisotopic (exact) mass is 191 g/mol. The third-order valence-corrected chi connectivity index (χ3v) is 2.73. The molecule has 76 valence electrons. The summed E-state index contributed by atoms with van der Waals surface area (Å²) in [6.07, 6.45) is 1.09. The fraction of sp³-hybridized carbons (Fsp3) is 0.500. The predicted molar refractivity (Wildman–Crippen MR) is 57.4 cm³/mol. The average Bonchev–Trinajstić information content (AvgIpc) is 2.30. The Morgan fingerprint density at radius 3 is 3.00 bits per heavy atom. The van der Waals surface area contributed by atoms with Crippen molar-refractivity contribution in [1.82, 2.24) is 5.32 Å². The van der Waals surface area contributed by atoms with Gasteiger partial charge >= 0.3 is 0 Å². The Morgan fingerprint density at radius 1 is 1.43 bits per heavy atom. The van der Waals surface area contributed by atoms with Crippen LogP contribution >= 0.6 is 0 Å². The fourth-order valence-electron chi connectivity index (χ4n) is 1.96. The van der Waals surface area contributed by atoms with Crippen molar-refractivity contribution in [3.05, 3.63) is 35.4 Å². The third kappa shape index (κ3) is 1.97. The summed E-state index contributed by atoms with van der Waals surface area (Å²) in [5.41, 5.74) is 2.82. The highest BCUT2D eigenvalue weighted by atomic mass is 16.5. The molecule has 0 spiro atoms. The quantitative estimate of drug-likeness (QED) is 0.771. The summed E-state index contributed by atoms with van der Waals surface area (Å²) in [4.78, 5) is 0. The molecule has 0 radical (unpaired) electrons. The first-order chi connectivity index (χ1) is 6.92. The van der Waals surface area contributed by atoms with E-state index in [-0.39, 0.29) is 0 Å². The van der Waals surface area contributed by atoms with Crippen molar-refractivity contribution >= 4 is 0 Å². The van der Waals surface area contributed by atoms with Gasteiger partial charge in [0, 0.05) is 6.54 Å². The van der Waals surface area contributed by atoms with Gasteiger partial charge in [-0.15, -0.1) is 0 Å². The predicted octanol–water partition coefficient (Wildman–Crippen LogP) is 1.91. The zero-order valence-electron chi connectivity index (χ0n) is 8.62. The molecule has 1 unspecified atom stereocenters. The first kappa shape index (κ1) is 9.69. The lowest BCUT2D eigenvalue weighted by Gasteiger charge is -2.25. The molecule has 1 aliphatic rings. The Hall–Kier alpha value is -0.860. The van der Waals surface area contributed by atoms with Crippen LogP contribution in [-0.2, 0) is 11.2 Å². The van der Waals surface area contributed by atoms with Crippen LogP contribution < -0.4 is 5.32 Å². The molecule has 1 aliphatic heterocycles. The number of morpholine rings is 1. The van der Waals surface area contributed by atoms with Gasteiger partial charge in [0.25, 0.3) is 0 Å². The van der Waals surface area contributed by atoms with Gasteiger partial charge < -0.3 is 10.1 Å². The zero-order chi connectivity index (χ0) is 9.80. The maximum atomic E-state index is 5.47. The molecule has 1 atom stereocenters. The van der Waals surface area contributed by atoms with E-state index in [2.05, 4.69) is 36.5 Å². The second kappa shape index (κ2) is 4.58. The molecule has 14 heavy (non-hydrogen) atoms. The summed E-state index contributed by atoms with van der Waals surface area (Å²) in [6.45, 7) is 4.80. The van der Waals surface area contributed by atoms with E-state index in [0.29, 0.717) is 6.04 Å². The Balaban J connectivity index is 2.20. The van der Waals surface area contributed by atoms with Crippen LogP contribution in [0.3, 0.4) is 0 Å².